The first-order valence-electron chi connectivity index (χ1n) is 12.7. The van der Waals surface area contributed by atoms with E-state index in [1.165, 1.54) is 5.56 Å². The van der Waals surface area contributed by atoms with E-state index in [0.29, 0.717) is 17.6 Å². The number of hydrogen-bond acceptors (Lipinski definition) is 10. The number of pyridine rings is 1. The molecule has 0 aromatic carbocycles. The van der Waals surface area contributed by atoms with Gasteiger partial charge in [-0.1, -0.05) is 6.07 Å². The van der Waals surface area contributed by atoms with Crippen LogP contribution in [-0.4, -0.2) is 82.0 Å². The lowest BCUT2D eigenvalue weighted by Crippen LogP contribution is -2.46. The molecule has 1 saturated heterocycles. The molecule has 4 rings (SSSR count). The first-order chi connectivity index (χ1) is 18.2. The summed E-state index contributed by atoms with van der Waals surface area (Å²) in [6.07, 6.45) is 2.92. The summed E-state index contributed by atoms with van der Waals surface area (Å²) in [4.78, 5) is 50.1. The maximum absolute atomic E-state index is 11.7. The van der Waals surface area contributed by atoms with Crippen molar-refractivity contribution in [3.8, 4) is 0 Å². The molecule has 0 radical (unpaired) electrons. The first-order valence-corrected chi connectivity index (χ1v) is 12.7. The number of alkyl carbamates (subject to hydrolysis) is 1. The lowest BCUT2D eigenvalue weighted by atomic mass is 9.92. The SMILES string of the molecule is Cc1nc(NC[C@H](NC(=O)OCC(=O)O)C(=O)O)c(C)c(N2CCC(c3ccc4c(n3)NCCC4)CC2)n1. The van der Waals surface area contributed by atoms with E-state index >= 15 is 0 Å². The average Bonchev–Trinajstić information content (AvgIpc) is 2.91. The van der Waals surface area contributed by atoms with Crippen LogP contribution in [0.15, 0.2) is 12.1 Å². The zero-order valence-corrected chi connectivity index (χ0v) is 21.5. The summed E-state index contributed by atoms with van der Waals surface area (Å²) in [5, 5.41) is 26.6. The van der Waals surface area contributed by atoms with E-state index in [-0.39, 0.29) is 6.54 Å². The second-order valence-corrected chi connectivity index (χ2v) is 9.49. The van der Waals surface area contributed by atoms with Crippen molar-refractivity contribution in [2.75, 3.05) is 48.3 Å². The van der Waals surface area contributed by atoms with E-state index in [1.54, 1.807) is 6.92 Å². The van der Waals surface area contributed by atoms with Gasteiger partial charge in [-0.2, -0.15) is 0 Å². The molecule has 4 heterocycles. The van der Waals surface area contributed by atoms with E-state index in [2.05, 4.69) is 47.7 Å². The normalized spacial score (nSPS) is 16.1. The van der Waals surface area contributed by atoms with Crippen LogP contribution >= 0.6 is 0 Å². The molecular formula is C25H33N7O6. The number of fused-ring (bicyclic) bond motifs is 1. The number of nitrogens with one attached hydrogen (secondary N) is 3. The maximum atomic E-state index is 11.7. The number of carboxylic acids is 2. The van der Waals surface area contributed by atoms with Gasteiger partial charge < -0.3 is 35.8 Å². The topological polar surface area (TPSA) is 179 Å². The fraction of sp³-hybridized carbons (Fsp3) is 0.520. The van der Waals surface area contributed by atoms with E-state index in [9.17, 15) is 19.5 Å². The van der Waals surface area contributed by atoms with Crippen LogP contribution in [0.3, 0.4) is 0 Å². The average molecular weight is 528 g/mol. The zero-order chi connectivity index (χ0) is 27.2. The van der Waals surface area contributed by atoms with Gasteiger partial charge in [0.15, 0.2) is 6.61 Å². The van der Waals surface area contributed by atoms with Gasteiger partial charge >= 0.3 is 18.0 Å². The molecule has 13 heteroatoms. The Bertz CT molecular complexity index is 1200. The van der Waals surface area contributed by atoms with Crippen molar-refractivity contribution in [1.82, 2.24) is 20.3 Å². The quantitative estimate of drug-likeness (QED) is 0.320. The summed E-state index contributed by atoms with van der Waals surface area (Å²) in [6.45, 7) is 5.13. The highest BCUT2D eigenvalue weighted by Gasteiger charge is 2.26. The molecule has 2 aromatic rings. The number of aromatic nitrogens is 3. The second-order valence-electron chi connectivity index (χ2n) is 9.49. The standard InChI is InChI=1S/C25H33N7O6/c1-14-21(27-12-19(24(35)36)31-25(37)38-13-20(33)34)28-15(2)29-23(14)32-10-7-16(8-11-32)18-6-5-17-4-3-9-26-22(17)30-18/h5-6,16,19H,3-4,7-13H2,1-2H3,(H,26,30)(H,31,37)(H,33,34)(H,35,36)(H,27,28,29)/t19-/m0/s1. The molecule has 2 aliphatic rings. The Morgan fingerprint density at radius 3 is 2.63 bits per heavy atom. The Kier molecular flexibility index (Phi) is 8.44. The van der Waals surface area contributed by atoms with Crippen molar-refractivity contribution in [2.45, 2.75) is 51.5 Å². The monoisotopic (exact) mass is 527 g/mol. The smallest absolute Gasteiger partial charge is 0.408 e. The summed E-state index contributed by atoms with van der Waals surface area (Å²) in [7, 11) is 0. The fourth-order valence-corrected chi connectivity index (χ4v) is 4.76. The highest BCUT2D eigenvalue weighted by Crippen LogP contribution is 2.33. The molecule has 38 heavy (non-hydrogen) atoms. The van der Waals surface area contributed by atoms with E-state index in [0.717, 1.165) is 68.2 Å². The van der Waals surface area contributed by atoms with Crippen LogP contribution in [0.4, 0.5) is 22.2 Å². The van der Waals surface area contributed by atoms with Gasteiger partial charge in [0.2, 0.25) is 0 Å². The van der Waals surface area contributed by atoms with Crippen molar-refractivity contribution in [2.24, 2.45) is 0 Å². The number of amides is 1. The number of aliphatic carboxylic acids is 2. The van der Waals surface area contributed by atoms with Crippen LogP contribution in [0.5, 0.6) is 0 Å². The van der Waals surface area contributed by atoms with Gasteiger partial charge in [0.25, 0.3) is 0 Å². The largest absolute Gasteiger partial charge is 0.480 e. The number of carboxylic acid groups (broad SMARTS) is 2. The Hall–Kier alpha value is -4.16. The van der Waals surface area contributed by atoms with Gasteiger partial charge in [0.05, 0.1) is 0 Å². The number of rotatable bonds is 9. The summed E-state index contributed by atoms with van der Waals surface area (Å²) in [6, 6.07) is 2.99. The Morgan fingerprint density at radius 2 is 1.92 bits per heavy atom. The summed E-state index contributed by atoms with van der Waals surface area (Å²) in [5.41, 5.74) is 3.16. The number of nitrogens with zero attached hydrogens (tertiary/aromatic N) is 4. The molecule has 204 valence electrons. The molecule has 1 fully saturated rings. The third kappa shape index (κ3) is 6.58. The molecule has 1 atom stereocenters. The van der Waals surface area contributed by atoms with Crippen LogP contribution in [0.1, 0.15) is 47.8 Å². The highest BCUT2D eigenvalue weighted by molar-refractivity contribution is 5.81. The first kappa shape index (κ1) is 26.9. The number of piperidine rings is 1. The van der Waals surface area contributed by atoms with Crippen LogP contribution in [0.25, 0.3) is 0 Å². The molecule has 5 N–H and O–H groups in total. The van der Waals surface area contributed by atoms with Gasteiger partial charge in [0, 0.05) is 43.4 Å². The minimum absolute atomic E-state index is 0.186. The van der Waals surface area contributed by atoms with Gasteiger partial charge in [-0.15, -0.1) is 0 Å². The van der Waals surface area contributed by atoms with Crippen molar-refractivity contribution in [1.29, 1.82) is 0 Å². The number of carbonyl (C=O) groups excluding carboxylic acids is 1. The summed E-state index contributed by atoms with van der Waals surface area (Å²) >= 11 is 0. The lowest BCUT2D eigenvalue weighted by molar-refractivity contribution is -0.140. The van der Waals surface area contributed by atoms with Gasteiger partial charge in [-0.3, -0.25) is 0 Å². The number of hydrogen-bond donors (Lipinski definition) is 5. The van der Waals surface area contributed by atoms with Gasteiger partial charge in [0.1, 0.15) is 29.3 Å². The molecule has 2 aliphatic heterocycles. The summed E-state index contributed by atoms with van der Waals surface area (Å²) in [5.74, 6) is 0.496. The van der Waals surface area contributed by atoms with Crippen LogP contribution in [-0.2, 0) is 20.7 Å². The third-order valence-electron chi connectivity index (χ3n) is 6.75. The molecule has 0 bridgehead atoms. The predicted octanol–water partition coefficient (Wildman–Crippen LogP) is 1.91. The maximum Gasteiger partial charge on any atom is 0.408 e. The summed E-state index contributed by atoms with van der Waals surface area (Å²) < 4.78 is 4.46. The molecule has 2 aromatic heterocycles. The van der Waals surface area contributed by atoms with Gasteiger partial charge in [-0.05, 0) is 51.2 Å². The van der Waals surface area contributed by atoms with Crippen molar-refractivity contribution in [3.05, 3.63) is 34.8 Å². The number of ether oxygens (including phenoxy) is 1. The highest BCUT2D eigenvalue weighted by atomic mass is 16.6. The number of aryl methyl sites for hydroxylation is 2. The van der Waals surface area contributed by atoms with Crippen LogP contribution in [0.2, 0.25) is 0 Å². The Labute approximate surface area is 220 Å². The molecule has 0 spiro atoms. The van der Waals surface area contributed by atoms with E-state index in [1.807, 2.05) is 6.92 Å². The van der Waals surface area contributed by atoms with E-state index in [4.69, 9.17) is 10.1 Å². The number of carbonyl (C=O) groups is 3. The Balaban J connectivity index is 1.39. The molecule has 1 amide bonds. The molecule has 0 saturated carbocycles. The van der Waals surface area contributed by atoms with Gasteiger partial charge in [-0.25, -0.2) is 29.3 Å². The van der Waals surface area contributed by atoms with E-state index < -0.39 is 30.7 Å². The molecule has 0 aliphatic carbocycles. The Morgan fingerprint density at radius 1 is 1.16 bits per heavy atom. The van der Waals surface area contributed by atoms with Crippen molar-refractivity contribution < 1.29 is 29.3 Å². The lowest BCUT2D eigenvalue weighted by Gasteiger charge is -2.34. The minimum atomic E-state index is -1.36. The predicted molar refractivity (Wildman–Crippen MR) is 139 cm³/mol. The minimum Gasteiger partial charge on any atom is -0.480 e. The molecule has 13 nitrogen and oxygen atoms in total. The fourth-order valence-electron chi connectivity index (χ4n) is 4.76. The molecule has 0 unspecified atom stereocenters. The third-order valence-corrected chi connectivity index (χ3v) is 6.75. The zero-order valence-electron chi connectivity index (χ0n) is 21.5. The van der Waals surface area contributed by atoms with Crippen molar-refractivity contribution >= 4 is 35.5 Å². The van der Waals surface area contributed by atoms with Crippen LogP contribution in [0, 0.1) is 13.8 Å². The van der Waals surface area contributed by atoms with Crippen LogP contribution < -0.4 is 20.9 Å². The molecular weight excluding hydrogens is 494 g/mol. The number of anilines is 3. The van der Waals surface area contributed by atoms with Crippen molar-refractivity contribution in [3.63, 3.8) is 0 Å². The second kappa shape index (κ2) is 11.9.